The molecule has 2 N–H and O–H groups in total. The van der Waals surface area contributed by atoms with Crippen LogP contribution in [-0.4, -0.2) is 28.9 Å². The van der Waals surface area contributed by atoms with Gasteiger partial charge in [0.1, 0.15) is 17.5 Å². The number of hydrogen-bond donors (Lipinski definition) is 1. The molecule has 2 heterocycles. The third-order valence-corrected chi connectivity index (χ3v) is 4.69. The van der Waals surface area contributed by atoms with Crippen molar-refractivity contribution in [3.05, 3.63) is 42.0 Å². The Labute approximate surface area is 173 Å². The van der Waals surface area contributed by atoms with E-state index in [2.05, 4.69) is 13.8 Å². The lowest BCUT2D eigenvalue weighted by Crippen LogP contribution is -2.30. The molecule has 1 fully saturated rings. The van der Waals surface area contributed by atoms with Crippen molar-refractivity contribution >= 4 is 30.7 Å². The number of rotatable bonds is 6. The zero-order valence-corrected chi connectivity index (χ0v) is 17.5. The molecular formula is C20H29Cl2N3O2. The fourth-order valence-electron chi connectivity index (χ4n) is 3.40. The fraction of sp³-hybridized carbons (Fsp3) is 0.500. The smallest absolute Gasteiger partial charge is 0.223 e. The van der Waals surface area contributed by atoms with Gasteiger partial charge < -0.3 is 15.1 Å². The predicted octanol–water partition coefficient (Wildman–Crippen LogP) is 4.71. The molecule has 0 aliphatic carbocycles. The zero-order valence-electron chi connectivity index (χ0n) is 15.9. The van der Waals surface area contributed by atoms with Crippen LogP contribution in [-0.2, 0) is 4.79 Å². The Morgan fingerprint density at radius 2 is 2.00 bits per heavy atom. The predicted molar refractivity (Wildman–Crippen MR) is 113 cm³/mol. The molecule has 0 saturated carbocycles. The van der Waals surface area contributed by atoms with Gasteiger partial charge in [-0.1, -0.05) is 44.2 Å². The lowest BCUT2D eigenvalue weighted by atomic mass is 10.0. The van der Waals surface area contributed by atoms with Crippen LogP contribution in [0.3, 0.4) is 0 Å². The average molecular weight is 414 g/mol. The summed E-state index contributed by atoms with van der Waals surface area (Å²) >= 11 is 0. The molecule has 2 aromatic rings. The van der Waals surface area contributed by atoms with E-state index in [4.69, 9.17) is 15.1 Å². The van der Waals surface area contributed by atoms with Gasteiger partial charge in [-0.2, -0.15) is 0 Å². The molecule has 27 heavy (non-hydrogen) atoms. The molecule has 0 radical (unpaired) electrons. The summed E-state index contributed by atoms with van der Waals surface area (Å²) in [6, 6.07) is 10.0. The molecule has 0 bridgehead atoms. The summed E-state index contributed by atoms with van der Waals surface area (Å²) in [6.07, 6.45) is 3.11. The Hall–Kier alpha value is -1.56. The van der Waals surface area contributed by atoms with Crippen LogP contribution >= 0.6 is 24.8 Å². The van der Waals surface area contributed by atoms with E-state index in [0.29, 0.717) is 18.9 Å². The maximum atomic E-state index is 12.5. The Morgan fingerprint density at radius 3 is 2.63 bits per heavy atom. The molecule has 150 valence electrons. The number of amides is 1. The van der Waals surface area contributed by atoms with E-state index in [1.54, 1.807) is 0 Å². The van der Waals surface area contributed by atoms with E-state index < -0.39 is 0 Å². The number of likely N-dealkylation sites (tertiary alicyclic amines) is 1. The lowest BCUT2D eigenvalue weighted by Gasteiger charge is -2.22. The minimum atomic E-state index is -0.0553. The van der Waals surface area contributed by atoms with Gasteiger partial charge in [0.15, 0.2) is 0 Å². The van der Waals surface area contributed by atoms with E-state index >= 15 is 0 Å². The van der Waals surface area contributed by atoms with Gasteiger partial charge in [-0.25, -0.2) is 4.98 Å². The minimum Gasteiger partial charge on any atom is -0.442 e. The van der Waals surface area contributed by atoms with Crippen molar-refractivity contribution in [1.29, 1.82) is 0 Å². The topological polar surface area (TPSA) is 72.4 Å². The van der Waals surface area contributed by atoms with Gasteiger partial charge >= 0.3 is 0 Å². The van der Waals surface area contributed by atoms with Gasteiger partial charge in [0, 0.05) is 24.4 Å². The van der Waals surface area contributed by atoms with Crippen LogP contribution < -0.4 is 5.73 Å². The summed E-state index contributed by atoms with van der Waals surface area (Å²) in [4.78, 5) is 19.2. The summed E-state index contributed by atoms with van der Waals surface area (Å²) in [6.45, 7) is 5.53. The number of halogens is 2. The molecule has 1 saturated heterocycles. The molecule has 3 rings (SSSR count). The number of carbonyl (C=O) groups excluding carboxylic acids is 1. The largest absolute Gasteiger partial charge is 0.442 e. The Bertz CT molecular complexity index is 719. The quantitative estimate of drug-likeness (QED) is 0.743. The minimum absolute atomic E-state index is 0. The van der Waals surface area contributed by atoms with E-state index in [1.165, 1.54) is 0 Å². The first-order valence-corrected chi connectivity index (χ1v) is 9.17. The first-order chi connectivity index (χ1) is 12.1. The molecule has 1 amide bonds. The molecule has 1 aromatic heterocycles. The van der Waals surface area contributed by atoms with Gasteiger partial charge in [0.2, 0.25) is 11.8 Å². The molecule has 5 nitrogen and oxygen atoms in total. The number of nitrogens with two attached hydrogens (primary N) is 1. The monoisotopic (exact) mass is 413 g/mol. The van der Waals surface area contributed by atoms with Crippen LogP contribution in [0.25, 0.3) is 11.3 Å². The highest BCUT2D eigenvalue weighted by Crippen LogP contribution is 2.37. The van der Waals surface area contributed by atoms with Crippen molar-refractivity contribution in [3.63, 3.8) is 0 Å². The van der Waals surface area contributed by atoms with E-state index in [1.807, 2.05) is 35.2 Å². The summed E-state index contributed by atoms with van der Waals surface area (Å²) in [5, 5.41) is 0. The average Bonchev–Trinajstić information content (AvgIpc) is 3.27. The van der Waals surface area contributed by atoms with Crippen molar-refractivity contribution in [2.45, 2.75) is 51.5 Å². The number of oxazole rings is 1. The molecule has 7 heteroatoms. The van der Waals surface area contributed by atoms with Crippen LogP contribution in [0.2, 0.25) is 0 Å². The van der Waals surface area contributed by atoms with Crippen LogP contribution in [0.5, 0.6) is 0 Å². The molecule has 1 unspecified atom stereocenters. The Morgan fingerprint density at radius 1 is 1.30 bits per heavy atom. The highest BCUT2D eigenvalue weighted by molar-refractivity contribution is 5.85. The molecular weight excluding hydrogens is 385 g/mol. The van der Waals surface area contributed by atoms with Gasteiger partial charge in [-0.15, -0.1) is 24.8 Å². The first-order valence-electron chi connectivity index (χ1n) is 9.17. The van der Waals surface area contributed by atoms with Crippen LogP contribution in [0.1, 0.15) is 63.1 Å². The summed E-state index contributed by atoms with van der Waals surface area (Å²) in [5.41, 5.74) is 7.49. The molecule has 1 aliphatic rings. The number of benzene rings is 1. The Kier molecular flexibility index (Phi) is 9.30. The maximum Gasteiger partial charge on any atom is 0.223 e. The van der Waals surface area contributed by atoms with Gasteiger partial charge in [-0.3, -0.25) is 4.79 Å². The van der Waals surface area contributed by atoms with Crippen molar-refractivity contribution in [2.75, 3.05) is 13.1 Å². The number of carbonyl (C=O) groups is 1. The number of aromatic nitrogens is 1. The lowest BCUT2D eigenvalue weighted by molar-refractivity contribution is -0.132. The van der Waals surface area contributed by atoms with Crippen molar-refractivity contribution < 1.29 is 9.21 Å². The van der Waals surface area contributed by atoms with Gasteiger partial charge in [-0.05, 0) is 25.8 Å². The Balaban J connectivity index is 0.00000182. The van der Waals surface area contributed by atoms with Crippen molar-refractivity contribution in [2.24, 2.45) is 5.73 Å². The van der Waals surface area contributed by atoms with E-state index in [-0.39, 0.29) is 42.7 Å². The standard InChI is InChI=1S/C20H27N3O2.2ClH/c1-14(2)19-18(15-8-4-3-5-9-15)22-20(25-19)16-10-7-13-23(16)17(24)11-6-12-21;;/h3-5,8-9,14,16H,6-7,10-13,21H2,1-2H3;2*1H. The highest BCUT2D eigenvalue weighted by atomic mass is 35.5. The van der Waals surface area contributed by atoms with Gasteiger partial charge in [0.05, 0.1) is 0 Å². The second kappa shape index (κ2) is 10.7. The van der Waals surface area contributed by atoms with Crippen molar-refractivity contribution in [3.8, 4) is 11.3 Å². The third-order valence-electron chi connectivity index (χ3n) is 4.69. The van der Waals surface area contributed by atoms with E-state index in [0.717, 1.165) is 42.8 Å². The first kappa shape index (κ1) is 23.5. The summed E-state index contributed by atoms with van der Waals surface area (Å²) in [7, 11) is 0. The fourth-order valence-corrected chi connectivity index (χ4v) is 3.40. The molecule has 1 atom stereocenters. The van der Waals surface area contributed by atoms with Gasteiger partial charge in [0.25, 0.3) is 0 Å². The summed E-state index contributed by atoms with van der Waals surface area (Å²) in [5.74, 6) is 1.95. The second-order valence-corrected chi connectivity index (χ2v) is 6.92. The third kappa shape index (κ3) is 5.24. The molecule has 1 aromatic carbocycles. The second-order valence-electron chi connectivity index (χ2n) is 6.92. The van der Waals surface area contributed by atoms with E-state index in [9.17, 15) is 4.79 Å². The van der Waals surface area contributed by atoms with Crippen molar-refractivity contribution in [1.82, 2.24) is 9.88 Å². The normalized spacial score (nSPS) is 16.1. The van der Waals surface area contributed by atoms with Crippen LogP contribution in [0, 0.1) is 0 Å². The summed E-state index contributed by atoms with van der Waals surface area (Å²) < 4.78 is 6.17. The molecule has 1 aliphatic heterocycles. The highest BCUT2D eigenvalue weighted by Gasteiger charge is 2.34. The molecule has 0 spiro atoms. The maximum absolute atomic E-state index is 12.5. The number of hydrogen-bond acceptors (Lipinski definition) is 4. The van der Waals surface area contributed by atoms with Crippen LogP contribution in [0.4, 0.5) is 0 Å². The van der Waals surface area contributed by atoms with Crippen LogP contribution in [0.15, 0.2) is 34.7 Å². The SMILES string of the molecule is CC(C)c1oc(C2CCCN2C(=O)CCCN)nc1-c1ccccc1.Cl.Cl. The zero-order chi connectivity index (χ0) is 17.8. The number of nitrogens with zero attached hydrogens (tertiary/aromatic N) is 2.